The van der Waals surface area contributed by atoms with Gasteiger partial charge in [0.2, 0.25) is 0 Å². The van der Waals surface area contributed by atoms with Crippen molar-refractivity contribution in [3.05, 3.63) is 32.3 Å². The lowest BCUT2D eigenvalue weighted by Crippen LogP contribution is -2.30. The maximum Gasteiger partial charge on any atom is 0.318 e. The highest BCUT2D eigenvalue weighted by molar-refractivity contribution is 6.44. The fourth-order valence-electron chi connectivity index (χ4n) is 0.780. The van der Waals surface area contributed by atoms with E-state index in [1.807, 2.05) is 0 Å². The van der Waals surface area contributed by atoms with Crippen molar-refractivity contribution in [3.8, 4) is 0 Å². The molecule has 1 atom stereocenters. The fourth-order valence-corrected chi connectivity index (χ4v) is 1.41. The van der Waals surface area contributed by atoms with Gasteiger partial charge in [0, 0.05) is 11.0 Å². The second-order valence-electron chi connectivity index (χ2n) is 2.32. The molecule has 12 heavy (non-hydrogen) atoms. The summed E-state index contributed by atoms with van der Waals surface area (Å²) in [5, 5.41) is 10.8. The lowest BCUT2D eigenvalue weighted by atomic mass is 10.1. The molecule has 0 aromatic heterocycles. The summed E-state index contributed by atoms with van der Waals surface area (Å²) in [4.78, 5) is 8.20. The third-order valence-electron chi connectivity index (χ3n) is 1.45. The van der Waals surface area contributed by atoms with Crippen molar-refractivity contribution in [2.24, 2.45) is 0 Å². The van der Waals surface area contributed by atoms with Crippen LogP contribution in [0.5, 0.6) is 0 Å². The summed E-state index contributed by atoms with van der Waals surface area (Å²) >= 11 is 16.8. The number of nitrogens with zero attached hydrogens (tertiary/aromatic N) is 1. The number of hydrogen-bond acceptors (Lipinski definition) is 2. The van der Waals surface area contributed by atoms with Crippen LogP contribution in [0, 0.1) is 10.1 Å². The Morgan fingerprint density at radius 2 is 2.08 bits per heavy atom. The number of halogens is 3. The van der Waals surface area contributed by atoms with Gasteiger partial charge < -0.3 is 0 Å². The van der Waals surface area contributed by atoms with Crippen LogP contribution in [0.2, 0.25) is 0 Å². The van der Waals surface area contributed by atoms with Gasteiger partial charge in [-0.25, -0.2) is 0 Å². The Bertz CT molecular complexity index is 287. The number of hydrogen-bond donors (Lipinski definition) is 0. The van der Waals surface area contributed by atoms with E-state index < -0.39 is 9.92 Å². The molecule has 0 saturated carbocycles. The summed E-state index contributed by atoms with van der Waals surface area (Å²) in [6.07, 6.45) is 2.62. The van der Waals surface area contributed by atoms with Crippen molar-refractivity contribution in [1.82, 2.24) is 0 Å². The highest BCUT2D eigenvalue weighted by Crippen LogP contribution is 2.35. The summed E-state index contributed by atoms with van der Waals surface area (Å²) in [5.74, 6) is 0. The van der Waals surface area contributed by atoms with Crippen molar-refractivity contribution in [3.63, 3.8) is 0 Å². The Morgan fingerprint density at radius 3 is 2.50 bits per heavy atom. The molecule has 0 aromatic rings. The smallest absolute Gasteiger partial charge is 0.262 e. The molecule has 0 saturated heterocycles. The number of nitro groups is 1. The molecule has 1 aliphatic rings. The minimum absolute atomic E-state index is 0.0522. The van der Waals surface area contributed by atoms with Crippen LogP contribution in [-0.2, 0) is 0 Å². The van der Waals surface area contributed by atoms with Gasteiger partial charge in [0.1, 0.15) is 0 Å². The predicted octanol–water partition coefficient (Wildman–Crippen LogP) is 2.85. The molecule has 1 rings (SSSR count). The molecule has 1 unspecified atom stereocenters. The van der Waals surface area contributed by atoms with Gasteiger partial charge in [0.05, 0.1) is 16.5 Å². The molecular formula is C6H4Cl3NO2. The zero-order chi connectivity index (χ0) is 9.35. The van der Waals surface area contributed by atoms with E-state index in [9.17, 15) is 10.1 Å². The van der Waals surface area contributed by atoms with Gasteiger partial charge in [0.25, 0.3) is 0 Å². The van der Waals surface area contributed by atoms with Gasteiger partial charge in [-0.1, -0.05) is 29.3 Å². The first kappa shape index (κ1) is 9.84. The lowest BCUT2D eigenvalue weighted by molar-refractivity contribution is -0.527. The summed E-state index contributed by atoms with van der Waals surface area (Å²) < 4.78 is 0. The van der Waals surface area contributed by atoms with Crippen molar-refractivity contribution >= 4 is 34.8 Å². The average molecular weight is 228 g/mol. The van der Waals surface area contributed by atoms with E-state index in [0.29, 0.717) is 5.03 Å². The summed E-state index contributed by atoms with van der Waals surface area (Å²) in [6.45, 7) is 0. The van der Waals surface area contributed by atoms with Crippen molar-refractivity contribution in [2.45, 2.75) is 11.4 Å². The third-order valence-corrected chi connectivity index (χ3v) is 2.62. The number of allylic oxidation sites excluding steroid dienone is 2. The van der Waals surface area contributed by atoms with Gasteiger partial charge in [-0.15, -0.1) is 0 Å². The molecule has 6 heteroatoms. The monoisotopic (exact) mass is 227 g/mol. The lowest BCUT2D eigenvalue weighted by Gasteiger charge is -2.16. The summed E-state index contributed by atoms with van der Waals surface area (Å²) in [5.41, 5.74) is 0. The topological polar surface area (TPSA) is 43.1 Å². The maximum absolute atomic E-state index is 10.4. The molecule has 0 spiro atoms. The largest absolute Gasteiger partial charge is 0.318 e. The molecule has 0 bridgehead atoms. The minimum Gasteiger partial charge on any atom is -0.262 e. The van der Waals surface area contributed by atoms with E-state index in [1.165, 1.54) is 6.08 Å². The normalized spacial score (nSPS) is 29.2. The molecule has 0 fully saturated rings. The third kappa shape index (κ3) is 1.73. The van der Waals surface area contributed by atoms with Gasteiger partial charge in [-0.05, 0) is 11.6 Å². The number of alkyl halides is 1. The Kier molecular flexibility index (Phi) is 2.66. The van der Waals surface area contributed by atoms with Crippen LogP contribution in [0.1, 0.15) is 6.42 Å². The highest BCUT2D eigenvalue weighted by atomic mass is 35.5. The van der Waals surface area contributed by atoms with Crippen LogP contribution in [0.4, 0.5) is 0 Å². The van der Waals surface area contributed by atoms with E-state index in [0.717, 1.165) is 6.08 Å². The van der Waals surface area contributed by atoms with Gasteiger partial charge >= 0.3 is 5.00 Å². The van der Waals surface area contributed by atoms with E-state index in [4.69, 9.17) is 34.8 Å². The average Bonchev–Trinajstić information content (AvgIpc) is 1.97. The minimum atomic E-state index is -1.63. The Balaban J connectivity index is 2.98. The molecular weight excluding hydrogens is 224 g/mol. The molecule has 1 aliphatic carbocycles. The Labute approximate surface area is 83.7 Å². The molecule has 3 nitrogen and oxygen atoms in total. The van der Waals surface area contributed by atoms with Gasteiger partial charge in [0.15, 0.2) is 0 Å². The molecule has 0 amide bonds. The van der Waals surface area contributed by atoms with E-state index >= 15 is 0 Å². The molecule has 0 aliphatic heterocycles. The van der Waals surface area contributed by atoms with E-state index in [-0.39, 0.29) is 11.5 Å². The molecule has 0 radical (unpaired) electrons. The highest BCUT2D eigenvalue weighted by Gasteiger charge is 2.39. The fraction of sp³-hybridized carbons (Fsp3) is 0.333. The molecule has 0 N–H and O–H groups in total. The SMILES string of the molecule is O=[N+]([O-])C1(Cl)C=C(Cl)C(Cl)=CC1. The van der Waals surface area contributed by atoms with Crippen molar-refractivity contribution < 1.29 is 4.92 Å². The summed E-state index contributed by atoms with van der Waals surface area (Å²) in [7, 11) is 0. The first-order valence-electron chi connectivity index (χ1n) is 3.03. The van der Waals surface area contributed by atoms with Gasteiger partial charge in [-0.2, -0.15) is 0 Å². The van der Waals surface area contributed by atoms with E-state index in [2.05, 4.69) is 0 Å². The van der Waals surface area contributed by atoms with Crippen LogP contribution in [0.15, 0.2) is 22.2 Å². The van der Waals surface area contributed by atoms with Crippen molar-refractivity contribution in [1.29, 1.82) is 0 Å². The predicted molar refractivity (Wildman–Crippen MR) is 48.1 cm³/mol. The van der Waals surface area contributed by atoms with Crippen molar-refractivity contribution in [2.75, 3.05) is 0 Å². The zero-order valence-corrected chi connectivity index (χ0v) is 8.03. The molecule has 0 heterocycles. The first-order chi connectivity index (χ1) is 5.46. The Morgan fingerprint density at radius 1 is 1.50 bits per heavy atom. The number of rotatable bonds is 1. The van der Waals surface area contributed by atoms with Crippen LogP contribution in [-0.4, -0.2) is 9.92 Å². The quantitative estimate of drug-likeness (QED) is 0.300. The molecule has 66 valence electrons. The second-order valence-corrected chi connectivity index (χ2v) is 3.79. The van der Waals surface area contributed by atoms with E-state index in [1.54, 1.807) is 0 Å². The standard InChI is InChI=1S/C6H4Cl3NO2/c7-4-1-2-6(9,10(11)12)3-5(4)8/h1,3H,2H2. The maximum atomic E-state index is 10.4. The summed E-state index contributed by atoms with van der Waals surface area (Å²) in [6, 6.07) is 0. The zero-order valence-electron chi connectivity index (χ0n) is 5.76. The van der Waals surface area contributed by atoms with Gasteiger partial charge in [-0.3, -0.25) is 10.1 Å². The Hall–Kier alpha value is -0.250. The first-order valence-corrected chi connectivity index (χ1v) is 4.17. The molecule has 0 aromatic carbocycles. The van der Waals surface area contributed by atoms with Crippen LogP contribution in [0.25, 0.3) is 0 Å². The van der Waals surface area contributed by atoms with Crippen LogP contribution >= 0.6 is 34.8 Å². The second kappa shape index (κ2) is 3.24. The van der Waals surface area contributed by atoms with Crippen LogP contribution in [0.3, 0.4) is 0 Å². The van der Waals surface area contributed by atoms with Crippen LogP contribution < -0.4 is 0 Å².